The summed E-state index contributed by atoms with van der Waals surface area (Å²) in [4.78, 5) is 31.6. The van der Waals surface area contributed by atoms with Crippen molar-refractivity contribution in [3.8, 4) is 0 Å². The number of rotatable bonds is 5. The van der Waals surface area contributed by atoms with Gasteiger partial charge in [-0.15, -0.1) is 11.8 Å². The van der Waals surface area contributed by atoms with Crippen LogP contribution < -0.4 is 0 Å². The third kappa shape index (κ3) is 4.70. The largest absolute Gasteiger partial charge is 0.340 e. The Kier molecular flexibility index (Phi) is 6.18. The first-order valence-corrected chi connectivity index (χ1v) is 12.3. The second-order valence-corrected chi connectivity index (χ2v) is 11.4. The van der Waals surface area contributed by atoms with Gasteiger partial charge in [-0.25, -0.2) is 0 Å². The molecule has 0 aromatic heterocycles. The van der Waals surface area contributed by atoms with E-state index in [9.17, 15) is 9.59 Å². The van der Waals surface area contributed by atoms with Gasteiger partial charge >= 0.3 is 0 Å². The van der Waals surface area contributed by atoms with Crippen LogP contribution in [0.4, 0.5) is 0 Å². The molecule has 1 aromatic rings. The van der Waals surface area contributed by atoms with E-state index in [-0.39, 0.29) is 21.9 Å². The predicted molar refractivity (Wildman–Crippen MR) is 122 cm³/mol. The highest BCUT2D eigenvalue weighted by Crippen LogP contribution is 2.43. The quantitative estimate of drug-likeness (QED) is 0.719. The van der Waals surface area contributed by atoms with Gasteiger partial charge < -0.3 is 9.80 Å². The van der Waals surface area contributed by atoms with Gasteiger partial charge in [0.15, 0.2) is 0 Å². The molecule has 3 fully saturated rings. The number of carbonyl (C=O) groups excluding carboxylic acids is 2. The Labute approximate surface area is 185 Å². The Hall–Kier alpha value is -1.53. The summed E-state index contributed by atoms with van der Waals surface area (Å²) < 4.78 is 0. The van der Waals surface area contributed by atoms with Crippen molar-refractivity contribution >= 4 is 23.6 Å². The standard InChI is InChI=1S/C24H35N3O2S/c1-17-21(28)27(23(30-17)19-7-9-20(10-8-19)24(2,3)4)16-13-25-11-14-26(15-12-25)22(29)18-5-6-18/h7-10,17-18,23H,5-6,11-16H2,1-4H3. The zero-order valence-corrected chi connectivity index (χ0v) is 19.6. The van der Waals surface area contributed by atoms with E-state index in [4.69, 9.17) is 0 Å². The molecule has 1 aromatic carbocycles. The lowest BCUT2D eigenvalue weighted by Crippen LogP contribution is -2.51. The van der Waals surface area contributed by atoms with Crippen molar-refractivity contribution in [1.29, 1.82) is 0 Å². The Morgan fingerprint density at radius 3 is 2.23 bits per heavy atom. The van der Waals surface area contributed by atoms with E-state index in [1.165, 1.54) is 11.1 Å². The summed E-state index contributed by atoms with van der Waals surface area (Å²) in [6.07, 6.45) is 2.15. The monoisotopic (exact) mass is 429 g/mol. The van der Waals surface area contributed by atoms with Crippen LogP contribution in [0.5, 0.6) is 0 Å². The number of hydrogen-bond donors (Lipinski definition) is 0. The van der Waals surface area contributed by atoms with E-state index >= 15 is 0 Å². The second kappa shape index (κ2) is 8.54. The number of amides is 2. The Balaban J connectivity index is 1.35. The van der Waals surface area contributed by atoms with Crippen LogP contribution in [0, 0.1) is 5.92 Å². The lowest BCUT2D eigenvalue weighted by molar-refractivity contribution is -0.134. The Bertz CT molecular complexity index is 777. The summed E-state index contributed by atoms with van der Waals surface area (Å²) in [7, 11) is 0. The molecule has 2 atom stereocenters. The molecule has 1 aliphatic carbocycles. The molecule has 1 saturated carbocycles. The molecule has 0 spiro atoms. The van der Waals surface area contributed by atoms with Crippen LogP contribution >= 0.6 is 11.8 Å². The summed E-state index contributed by atoms with van der Waals surface area (Å²) in [6.45, 7) is 13.8. The van der Waals surface area contributed by atoms with Crippen LogP contribution in [0.25, 0.3) is 0 Å². The number of carbonyl (C=O) groups is 2. The first-order valence-electron chi connectivity index (χ1n) is 11.3. The molecule has 2 heterocycles. The zero-order valence-electron chi connectivity index (χ0n) is 18.8. The number of piperazine rings is 1. The van der Waals surface area contributed by atoms with Gasteiger partial charge in [-0.1, -0.05) is 45.0 Å². The van der Waals surface area contributed by atoms with Crippen LogP contribution in [-0.4, -0.2) is 71.0 Å². The van der Waals surface area contributed by atoms with Crippen LogP contribution in [0.15, 0.2) is 24.3 Å². The number of nitrogens with zero attached hydrogens (tertiary/aromatic N) is 3. The molecule has 6 heteroatoms. The molecule has 164 valence electrons. The molecular formula is C24H35N3O2S. The Morgan fingerprint density at radius 1 is 1.03 bits per heavy atom. The number of thioether (sulfide) groups is 1. The van der Waals surface area contributed by atoms with E-state index in [1.54, 1.807) is 11.8 Å². The highest BCUT2D eigenvalue weighted by molar-refractivity contribution is 8.01. The van der Waals surface area contributed by atoms with Crippen molar-refractivity contribution in [3.05, 3.63) is 35.4 Å². The molecule has 2 aliphatic heterocycles. The first kappa shape index (κ1) is 21.7. The summed E-state index contributed by atoms with van der Waals surface area (Å²) in [5.74, 6) is 0.906. The van der Waals surface area contributed by atoms with Gasteiger partial charge in [-0.05, 0) is 36.3 Å². The second-order valence-electron chi connectivity index (χ2n) is 9.98. The maximum atomic E-state index is 12.8. The predicted octanol–water partition coefficient (Wildman–Crippen LogP) is 3.50. The minimum Gasteiger partial charge on any atom is -0.340 e. The van der Waals surface area contributed by atoms with Gasteiger partial charge in [0.25, 0.3) is 0 Å². The van der Waals surface area contributed by atoms with Crippen molar-refractivity contribution in [2.45, 2.75) is 56.6 Å². The average Bonchev–Trinajstić information content (AvgIpc) is 3.53. The molecule has 0 N–H and O–H groups in total. The minimum absolute atomic E-state index is 0.00491. The highest BCUT2D eigenvalue weighted by atomic mass is 32.2. The Morgan fingerprint density at radius 2 is 1.67 bits per heavy atom. The molecule has 0 bridgehead atoms. The fourth-order valence-corrected chi connectivity index (χ4v) is 5.65. The third-order valence-corrected chi connectivity index (χ3v) is 7.97. The van der Waals surface area contributed by atoms with Crippen molar-refractivity contribution in [2.24, 2.45) is 5.92 Å². The first-order chi connectivity index (χ1) is 14.2. The molecule has 30 heavy (non-hydrogen) atoms. The lowest BCUT2D eigenvalue weighted by atomic mass is 9.86. The van der Waals surface area contributed by atoms with Crippen molar-refractivity contribution < 1.29 is 9.59 Å². The van der Waals surface area contributed by atoms with E-state index in [0.29, 0.717) is 11.8 Å². The highest BCUT2D eigenvalue weighted by Gasteiger charge is 2.39. The van der Waals surface area contributed by atoms with Gasteiger partial charge in [-0.3, -0.25) is 14.5 Å². The smallest absolute Gasteiger partial charge is 0.236 e. The van der Waals surface area contributed by atoms with Gasteiger partial charge in [0.2, 0.25) is 11.8 Å². The molecule has 2 amide bonds. The summed E-state index contributed by atoms with van der Waals surface area (Å²) in [5.41, 5.74) is 2.66. The fraction of sp³-hybridized carbons (Fsp3) is 0.667. The molecule has 3 aliphatic rings. The van der Waals surface area contributed by atoms with Crippen LogP contribution in [0.1, 0.15) is 57.0 Å². The topological polar surface area (TPSA) is 43.9 Å². The molecular weight excluding hydrogens is 394 g/mol. The molecule has 0 radical (unpaired) electrons. The summed E-state index contributed by atoms with van der Waals surface area (Å²) in [6, 6.07) is 8.80. The van der Waals surface area contributed by atoms with Crippen molar-refractivity contribution in [3.63, 3.8) is 0 Å². The van der Waals surface area contributed by atoms with E-state index in [1.807, 2.05) is 11.8 Å². The van der Waals surface area contributed by atoms with Crippen LogP contribution in [0.2, 0.25) is 0 Å². The summed E-state index contributed by atoms with van der Waals surface area (Å²) in [5, 5.41) is 0.101. The average molecular weight is 430 g/mol. The summed E-state index contributed by atoms with van der Waals surface area (Å²) >= 11 is 1.75. The maximum absolute atomic E-state index is 12.8. The van der Waals surface area contributed by atoms with E-state index in [2.05, 4.69) is 54.8 Å². The van der Waals surface area contributed by atoms with Crippen LogP contribution in [-0.2, 0) is 15.0 Å². The molecule has 4 rings (SSSR count). The van der Waals surface area contributed by atoms with E-state index in [0.717, 1.165) is 52.1 Å². The third-order valence-electron chi connectivity index (χ3n) is 6.58. The van der Waals surface area contributed by atoms with Crippen molar-refractivity contribution in [2.75, 3.05) is 39.3 Å². The minimum atomic E-state index is 0.00491. The normalized spacial score (nSPS) is 25.8. The van der Waals surface area contributed by atoms with Crippen LogP contribution in [0.3, 0.4) is 0 Å². The number of benzene rings is 1. The van der Waals surface area contributed by atoms with Gasteiger partial charge in [0, 0.05) is 45.2 Å². The zero-order chi connectivity index (χ0) is 21.5. The molecule has 2 saturated heterocycles. The SMILES string of the molecule is CC1SC(c2ccc(C(C)(C)C)cc2)N(CCN2CCN(C(=O)C3CC3)CC2)C1=O. The molecule has 2 unspecified atom stereocenters. The van der Waals surface area contributed by atoms with E-state index < -0.39 is 0 Å². The van der Waals surface area contributed by atoms with Crippen molar-refractivity contribution in [1.82, 2.24) is 14.7 Å². The van der Waals surface area contributed by atoms with Gasteiger partial charge in [-0.2, -0.15) is 0 Å². The lowest BCUT2D eigenvalue weighted by Gasteiger charge is -2.36. The fourth-order valence-electron chi connectivity index (χ4n) is 4.34. The van der Waals surface area contributed by atoms with Gasteiger partial charge in [0.05, 0.1) is 5.25 Å². The maximum Gasteiger partial charge on any atom is 0.236 e. The van der Waals surface area contributed by atoms with Gasteiger partial charge in [0.1, 0.15) is 5.37 Å². The number of hydrogen-bond acceptors (Lipinski definition) is 4. The molecule has 5 nitrogen and oxygen atoms in total.